The fourth-order valence-electron chi connectivity index (χ4n) is 3.13. The van der Waals surface area contributed by atoms with Crippen LogP contribution in [0.1, 0.15) is 47.6 Å². The van der Waals surface area contributed by atoms with Crippen molar-refractivity contribution in [2.75, 3.05) is 26.4 Å². The van der Waals surface area contributed by atoms with Crippen LogP contribution < -0.4 is 5.73 Å². The monoisotopic (exact) mass is 346 g/mol. The maximum absolute atomic E-state index is 12.2. The summed E-state index contributed by atoms with van der Waals surface area (Å²) in [5.41, 5.74) is 7.50. The van der Waals surface area contributed by atoms with Gasteiger partial charge in [-0.2, -0.15) is 0 Å². The van der Waals surface area contributed by atoms with Crippen LogP contribution in [-0.2, 0) is 4.79 Å². The molecule has 128 valence electrons. The molecule has 0 bridgehead atoms. The lowest BCUT2D eigenvalue weighted by Crippen LogP contribution is -2.30. The molecule has 0 unspecified atom stereocenters. The van der Waals surface area contributed by atoms with Crippen molar-refractivity contribution in [3.8, 4) is 0 Å². The first-order valence-electron chi connectivity index (χ1n) is 8.14. The number of rotatable bonds is 3. The van der Waals surface area contributed by atoms with Crippen molar-refractivity contribution < 1.29 is 9.59 Å². The normalized spacial score (nSPS) is 17.5. The van der Waals surface area contributed by atoms with Crippen molar-refractivity contribution in [2.24, 2.45) is 0 Å². The Morgan fingerprint density at radius 3 is 2.83 bits per heavy atom. The number of nitrogens with zero attached hydrogens (tertiary/aromatic N) is 3. The minimum Gasteiger partial charge on any atom is -0.397 e. The molecular weight excluding hydrogens is 324 g/mol. The van der Waals surface area contributed by atoms with Gasteiger partial charge in [-0.05, 0) is 25.0 Å². The number of nitrogens with two attached hydrogens (primary N) is 1. The first-order chi connectivity index (χ1) is 11.4. The van der Waals surface area contributed by atoms with Gasteiger partial charge in [0, 0.05) is 32.4 Å². The molecule has 1 fully saturated rings. The largest absolute Gasteiger partial charge is 0.397 e. The maximum Gasteiger partial charge on any atom is 0.265 e. The van der Waals surface area contributed by atoms with Gasteiger partial charge in [0.05, 0.1) is 17.4 Å². The fourth-order valence-corrected chi connectivity index (χ4v) is 4.26. The molecule has 2 aromatic heterocycles. The van der Waals surface area contributed by atoms with Crippen LogP contribution in [0.2, 0.25) is 0 Å². The quantitative estimate of drug-likeness (QED) is 0.926. The molecule has 3 rings (SSSR count). The van der Waals surface area contributed by atoms with Gasteiger partial charge in [-0.25, -0.2) is 4.98 Å². The standard InChI is InChI=1S/C17H22N4O2S/c1-4-13(22)21-9-5-6-12(21)11-8-7-10-14(18)15(17(23)20(2)3)24-16(10)19-11/h7-8,12H,4-6,9,18H2,1-3H3/t12-/m1/s1. The summed E-state index contributed by atoms with van der Waals surface area (Å²) in [6.45, 7) is 2.67. The third-order valence-electron chi connectivity index (χ3n) is 4.43. The minimum absolute atomic E-state index is 0.0261. The lowest BCUT2D eigenvalue weighted by Gasteiger charge is -2.23. The van der Waals surface area contributed by atoms with E-state index in [0.717, 1.165) is 35.3 Å². The summed E-state index contributed by atoms with van der Waals surface area (Å²) in [5.74, 6) is 0.0502. The average Bonchev–Trinajstić information content (AvgIpc) is 3.18. The summed E-state index contributed by atoms with van der Waals surface area (Å²) in [4.78, 5) is 33.8. The van der Waals surface area contributed by atoms with Crippen LogP contribution in [0, 0.1) is 0 Å². The Kier molecular flexibility index (Phi) is 4.45. The topological polar surface area (TPSA) is 79.5 Å². The highest BCUT2D eigenvalue weighted by Gasteiger charge is 2.30. The molecule has 2 amide bonds. The van der Waals surface area contributed by atoms with Crippen molar-refractivity contribution in [3.63, 3.8) is 0 Å². The molecule has 1 saturated heterocycles. The molecule has 0 spiro atoms. The van der Waals surface area contributed by atoms with Crippen LogP contribution >= 0.6 is 11.3 Å². The Hall–Kier alpha value is -2.15. The Bertz CT molecular complexity index is 799. The molecule has 0 saturated carbocycles. The van der Waals surface area contributed by atoms with Crippen LogP contribution in [0.5, 0.6) is 0 Å². The van der Waals surface area contributed by atoms with Gasteiger partial charge in [0.25, 0.3) is 5.91 Å². The first kappa shape index (κ1) is 16.7. The second-order valence-corrected chi connectivity index (χ2v) is 7.23. The van der Waals surface area contributed by atoms with E-state index in [-0.39, 0.29) is 17.9 Å². The molecule has 24 heavy (non-hydrogen) atoms. The van der Waals surface area contributed by atoms with E-state index >= 15 is 0 Å². The Balaban J connectivity index is 2.00. The number of fused-ring (bicyclic) bond motifs is 1. The maximum atomic E-state index is 12.2. The highest BCUT2D eigenvalue weighted by molar-refractivity contribution is 7.21. The van der Waals surface area contributed by atoms with Gasteiger partial charge in [0.15, 0.2) is 0 Å². The van der Waals surface area contributed by atoms with E-state index in [9.17, 15) is 9.59 Å². The number of pyridine rings is 1. The summed E-state index contributed by atoms with van der Waals surface area (Å²) in [6.07, 6.45) is 2.42. The summed E-state index contributed by atoms with van der Waals surface area (Å²) in [5, 5.41) is 0.806. The van der Waals surface area contributed by atoms with Gasteiger partial charge in [-0.1, -0.05) is 6.92 Å². The van der Waals surface area contributed by atoms with Gasteiger partial charge in [-0.15, -0.1) is 11.3 Å². The Morgan fingerprint density at radius 1 is 1.42 bits per heavy atom. The molecule has 1 aliphatic heterocycles. The van der Waals surface area contributed by atoms with Crippen LogP contribution in [0.4, 0.5) is 5.69 Å². The predicted molar refractivity (Wildman–Crippen MR) is 96.0 cm³/mol. The van der Waals surface area contributed by atoms with Crippen molar-refractivity contribution in [1.82, 2.24) is 14.8 Å². The third kappa shape index (κ3) is 2.73. The Labute approximate surface area is 145 Å². The summed E-state index contributed by atoms with van der Waals surface area (Å²) < 4.78 is 0. The van der Waals surface area contributed by atoms with Crippen molar-refractivity contribution >= 4 is 39.1 Å². The molecule has 6 nitrogen and oxygen atoms in total. The highest BCUT2D eigenvalue weighted by atomic mass is 32.1. The van der Waals surface area contributed by atoms with Crippen molar-refractivity contribution in [2.45, 2.75) is 32.2 Å². The van der Waals surface area contributed by atoms with Gasteiger partial charge in [0.2, 0.25) is 5.91 Å². The zero-order chi connectivity index (χ0) is 17.4. The summed E-state index contributed by atoms with van der Waals surface area (Å²) in [7, 11) is 3.41. The molecule has 7 heteroatoms. The van der Waals surface area contributed by atoms with E-state index < -0.39 is 0 Å². The number of likely N-dealkylation sites (tertiary alicyclic amines) is 1. The molecule has 2 N–H and O–H groups in total. The number of carbonyl (C=O) groups excluding carboxylic acids is 2. The highest BCUT2D eigenvalue weighted by Crippen LogP contribution is 2.37. The molecule has 2 aromatic rings. The van der Waals surface area contributed by atoms with E-state index in [1.54, 1.807) is 14.1 Å². The number of aromatic nitrogens is 1. The number of amides is 2. The van der Waals surface area contributed by atoms with Gasteiger partial charge in [0.1, 0.15) is 9.71 Å². The van der Waals surface area contributed by atoms with E-state index in [4.69, 9.17) is 10.7 Å². The lowest BCUT2D eigenvalue weighted by atomic mass is 10.1. The lowest BCUT2D eigenvalue weighted by molar-refractivity contribution is -0.131. The summed E-state index contributed by atoms with van der Waals surface area (Å²) in [6, 6.07) is 3.88. The van der Waals surface area contributed by atoms with Gasteiger partial charge >= 0.3 is 0 Å². The second-order valence-electron chi connectivity index (χ2n) is 6.23. The second kappa shape index (κ2) is 6.39. The van der Waals surface area contributed by atoms with Gasteiger partial charge in [-0.3, -0.25) is 9.59 Å². The first-order valence-corrected chi connectivity index (χ1v) is 8.95. The number of hydrogen-bond donors (Lipinski definition) is 1. The molecule has 0 aliphatic carbocycles. The third-order valence-corrected chi connectivity index (χ3v) is 5.54. The molecule has 1 atom stereocenters. The minimum atomic E-state index is -0.110. The van der Waals surface area contributed by atoms with E-state index in [2.05, 4.69) is 0 Å². The fraction of sp³-hybridized carbons (Fsp3) is 0.471. The number of hydrogen-bond acceptors (Lipinski definition) is 5. The molecule has 0 radical (unpaired) electrons. The van der Waals surface area contributed by atoms with Crippen molar-refractivity contribution in [1.29, 1.82) is 0 Å². The number of anilines is 1. The molecule has 1 aliphatic rings. The predicted octanol–water partition coefficient (Wildman–Crippen LogP) is 2.65. The van der Waals surface area contributed by atoms with Crippen LogP contribution in [0.15, 0.2) is 12.1 Å². The van der Waals surface area contributed by atoms with Crippen LogP contribution in [-0.4, -0.2) is 47.2 Å². The average molecular weight is 346 g/mol. The SMILES string of the molecule is CCC(=O)N1CCC[C@@H]1c1ccc2c(N)c(C(=O)N(C)C)sc2n1. The van der Waals surface area contributed by atoms with Gasteiger partial charge < -0.3 is 15.5 Å². The van der Waals surface area contributed by atoms with E-state index in [1.807, 2.05) is 24.0 Å². The number of thiophene rings is 1. The van der Waals surface area contributed by atoms with E-state index in [1.165, 1.54) is 16.2 Å². The molecule has 3 heterocycles. The zero-order valence-corrected chi connectivity index (χ0v) is 15.0. The summed E-state index contributed by atoms with van der Waals surface area (Å²) >= 11 is 1.32. The van der Waals surface area contributed by atoms with Crippen LogP contribution in [0.3, 0.4) is 0 Å². The molecule has 0 aromatic carbocycles. The van der Waals surface area contributed by atoms with Crippen molar-refractivity contribution in [3.05, 3.63) is 22.7 Å². The molecular formula is C17H22N4O2S. The number of carbonyl (C=O) groups is 2. The van der Waals surface area contributed by atoms with Crippen LogP contribution in [0.25, 0.3) is 10.2 Å². The smallest absolute Gasteiger partial charge is 0.265 e. The zero-order valence-electron chi connectivity index (χ0n) is 14.2. The Morgan fingerprint density at radius 2 is 2.17 bits per heavy atom. The van der Waals surface area contributed by atoms with E-state index in [0.29, 0.717) is 17.0 Å². The number of nitrogen functional groups attached to an aromatic ring is 1.